The molecule has 3 heterocycles. The van der Waals surface area contributed by atoms with Crippen LogP contribution >= 0.6 is 11.3 Å². The van der Waals surface area contributed by atoms with E-state index >= 15 is 0 Å². The molecule has 5 nitrogen and oxygen atoms in total. The molecule has 1 N–H and O–H groups in total. The molecule has 2 aliphatic heterocycles. The van der Waals surface area contributed by atoms with E-state index in [1.54, 1.807) is 0 Å². The van der Waals surface area contributed by atoms with Gasteiger partial charge in [0.05, 0.1) is 30.8 Å². The zero-order valence-corrected chi connectivity index (χ0v) is 13.4. The van der Waals surface area contributed by atoms with Crippen LogP contribution in [0.2, 0.25) is 0 Å². The third-order valence-electron chi connectivity index (χ3n) is 3.92. The van der Waals surface area contributed by atoms with Crippen molar-refractivity contribution in [3.8, 4) is 16.2 Å². The summed E-state index contributed by atoms with van der Waals surface area (Å²) >= 11 is 1.51. The fourth-order valence-electron chi connectivity index (χ4n) is 2.76. The van der Waals surface area contributed by atoms with Crippen molar-refractivity contribution in [1.82, 2.24) is 5.32 Å². The molecule has 23 heavy (non-hydrogen) atoms. The molecule has 0 bridgehead atoms. The number of hydrogen-bond acceptors (Lipinski definition) is 5. The summed E-state index contributed by atoms with van der Waals surface area (Å²) in [6, 6.07) is 9.84. The molecule has 1 aromatic carbocycles. The highest BCUT2D eigenvalue weighted by molar-refractivity contribution is 7.17. The Kier molecular flexibility index (Phi) is 4.03. The van der Waals surface area contributed by atoms with E-state index in [2.05, 4.69) is 5.32 Å². The number of rotatable bonds is 3. The van der Waals surface area contributed by atoms with E-state index in [1.165, 1.54) is 11.3 Å². The molecule has 6 heteroatoms. The van der Waals surface area contributed by atoms with Crippen LogP contribution in [-0.4, -0.2) is 38.4 Å². The van der Waals surface area contributed by atoms with Crippen LogP contribution in [0.5, 0.6) is 5.75 Å². The van der Waals surface area contributed by atoms with Crippen molar-refractivity contribution in [2.75, 3.05) is 26.4 Å². The Morgan fingerprint density at radius 2 is 2.22 bits per heavy atom. The molecule has 1 aromatic heterocycles. The lowest BCUT2D eigenvalue weighted by molar-refractivity contribution is -0.0855. The number of nitrogens with one attached hydrogen (secondary N) is 1. The summed E-state index contributed by atoms with van der Waals surface area (Å²) in [5.41, 5.74) is 2.12. The third-order valence-corrected chi connectivity index (χ3v) is 5.13. The summed E-state index contributed by atoms with van der Waals surface area (Å²) in [5.74, 6) is 0.803. The van der Waals surface area contributed by atoms with Gasteiger partial charge in [0, 0.05) is 22.5 Å². The van der Waals surface area contributed by atoms with Gasteiger partial charge in [0.15, 0.2) is 0 Å². The molecule has 1 saturated heterocycles. The van der Waals surface area contributed by atoms with Crippen LogP contribution in [0.3, 0.4) is 0 Å². The second-order valence-electron chi connectivity index (χ2n) is 5.53. The van der Waals surface area contributed by atoms with E-state index in [1.807, 2.05) is 30.3 Å². The minimum atomic E-state index is -0.0731. The Morgan fingerprint density at radius 1 is 1.30 bits per heavy atom. The molecular formula is C17H17NO4S. The largest absolute Gasteiger partial charge is 0.488 e. The van der Waals surface area contributed by atoms with E-state index in [4.69, 9.17) is 14.2 Å². The SMILES string of the molecule is O=C(NC[C@H]1COCCO1)c1cc2c(s1)-c1ccccc1OC2. The van der Waals surface area contributed by atoms with Crippen molar-refractivity contribution < 1.29 is 19.0 Å². The molecule has 0 unspecified atom stereocenters. The summed E-state index contributed by atoms with van der Waals surface area (Å²) in [7, 11) is 0. The summed E-state index contributed by atoms with van der Waals surface area (Å²) in [5, 5.41) is 2.93. The molecule has 120 valence electrons. The highest BCUT2D eigenvalue weighted by atomic mass is 32.1. The van der Waals surface area contributed by atoms with Crippen molar-refractivity contribution >= 4 is 17.2 Å². The summed E-state index contributed by atoms with van der Waals surface area (Å²) in [4.78, 5) is 14.2. The third kappa shape index (κ3) is 2.97. The lowest BCUT2D eigenvalue weighted by atomic mass is 10.1. The lowest BCUT2D eigenvalue weighted by Crippen LogP contribution is -2.39. The topological polar surface area (TPSA) is 56.8 Å². The number of thiophene rings is 1. The standard InChI is InChI=1S/C17H17NO4S/c19-17(18-8-12-10-20-5-6-21-12)15-7-11-9-22-14-4-2-1-3-13(14)16(11)23-15/h1-4,7,12H,5-6,8-10H2,(H,18,19)/t12-/m0/s1. The van der Waals surface area contributed by atoms with E-state index in [9.17, 15) is 4.79 Å². The fourth-order valence-corrected chi connectivity index (χ4v) is 3.87. The van der Waals surface area contributed by atoms with Crippen LogP contribution in [0.1, 0.15) is 15.2 Å². The fraction of sp³-hybridized carbons (Fsp3) is 0.353. The molecule has 0 aliphatic carbocycles. The number of hydrogen-bond donors (Lipinski definition) is 1. The number of benzene rings is 1. The number of carbonyl (C=O) groups is 1. The van der Waals surface area contributed by atoms with Gasteiger partial charge in [0.25, 0.3) is 5.91 Å². The quantitative estimate of drug-likeness (QED) is 0.939. The van der Waals surface area contributed by atoms with Crippen LogP contribution in [0.25, 0.3) is 10.4 Å². The van der Waals surface area contributed by atoms with Crippen LogP contribution in [0.15, 0.2) is 30.3 Å². The van der Waals surface area contributed by atoms with Crippen molar-refractivity contribution in [3.05, 3.63) is 40.8 Å². The second kappa shape index (κ2) is 6.31. The average molecular weight is 331 g/mol. The van der Waals surface area contributed by atoms with Gasteiger partial charge < -0.3 is 19.5 Å². The highest BCUT2D eigenvalue weighted by Crippen LogP contribution is 2.42. The first kappa shape index (κ1) is 14.7. The smallest absolute Gasteiger partial charge is 0.261 e. The summed E-state index contributed by atoms with van der Waals surface area (Å²) in [6.45, 7) is 2.72. The molecule has 4 rings (SSSR count). The van der Waals surface area contributed by atoms with E-state index in [0.717, 1.165) is 21.8 Å². The zero-order chi connectivity index (χ0) is 15.6. The van der Waals surface area contributed by atoms with Crippen LogP contribution in [-0.2, 0) is 16.1 Å². The van der Waals surface area contributed by atoms with Crippen molar-refractivity contribution in [2.24, 2.45) is 0 Å². The number of fused-ring (bicyclic) bond motifs is 3. The first-order valence-corrected chi connectivity index (χ1v) is 8.45. The number of para-hydroxylation sites is 1. The van der Waals surface area contributed by atoms with Crippen molar-refractivity contribution in [3.63, 3.8) is 0 Å². The Morgan fingerprint density at radius 3 is 3.09 bits per heavy atom. The van der Waals surface area contributed by atoms with Gasteiger partial charge in [-0.2, -0.15) is 0 Å². The van der Waals surface area contributed by atoms with Crippen molar-refractivity contribution in [2.45, 2.75) is 12.7 Å². The van der Waals surface area contributed by atoms with Crippen LogP contribution in [0, 0.1) is 0 Å². The van der Waals surface area contributed by atoms with Gasteiger partial charge in [0.2, 0.25) is 0 Å². The first-order valence-electron chi connectivity index (χ1n) is 7.64. The van der Waals surface area contributed by atoms with E-state index in [-0.39, 0.29) is 12.0 Å². The van der Waals surface area contributed by atoms with Gasteiger partial charge in [-0.15, -0.1) is 11.3 Å². The maximum Gasteiger partial charge on any atom is 0.261 e. The highest BCUT2D eigenvalue weighted by Gasteiger charge is 2.23. The molecule has 1 atom stereocenters. The monoisotopic (exact) mass is 331 g/mol. The summed E-state index contributed by atoms with van der Waals surface area (Å²) < 4.78 is 16.6. The molecule has 1 amide bonds. The summed E-state index contributed by atoms with van der Waals surface area (Å²) in [6.07, 6.45) is -0.0636. The van der Waals surface area contributed by atoms with Gasteiger partial charge in [-0.3, -0.25) is 4.79 Å². The predicted octanol–water partition coefficient (Wildman–Crippen LogP) is 2.45. The Hall–Kier alpha value is -1.89. The molecule has 2 aliphatic rings. The zero-order valence-electron chi connectivity index (χ0n) is 12.5. The van der Waals surface area contributed by atoms with Gasteiger partial charge in [-0.05, 0) is 18.2 Å². The number of ether oxygens (including phenoxy) is 3. The van der Waals surface area contributed by atoms with Gasteiger partial charge in [-0.1, -0.05) is 12.1 Å². The minimum absolute atomic E-state index is 0.0636. The molecule has 2 aromatic rings. The first-order chi connectivity index (χ1) is 11.3. The maximum atomic E-state index is 12.4. The number of carbonyl (C=O) groups excluding carboxylic acids is 1. The number of amides is 1. The molecule has 1 fully saturated rings. The molecule has 0 saturated carbocycles. The molecular weight excluding hydrogens is 314 g/mol. The van der Waals surface area contributed by atoms with E-state index < -0.39 is 0 Å². The van der Waals surface area contributed by atoms with E-state index in [0.29, 0.717) is 37.8 Å². The van der Waals surface area contributed by atoms with Crippen LogP contribution < -0.4 is 10.1 Å². The Bertz CT molecular complexity index is 721. The molecule has 0 spiro atoms. The Balaban J connectivity index is 1.48. The second-order valence-corrected chi connectivity index (χ2v) is 6.58. The van der Waals surface area contributed by atoms with Crippen molar-refractivity contribution in [1.29, 1.82) is 0 Å². The predicted molar refractivity (Wildman–Crippen MR) is 87.0 cm³/mol. The van der Waals surface area contributed by atoms with Crippen LogP contribution in [0.4, 0.5) is 0 Å². The molecule has 0 radical (unpaired) electrons. The maximum absolute atomic E-state index is 12.4. The Labute approximate surface area is 138 Å². The van der Waals surface area contributed by atoms with Gasteiger partial charge in [0.1, 0.15) is 12.4 Å². The normalized spacial score (nSPS) is 19.4. The lowest BCUT2D eigenvalue weighted by Gasteiger charge is -2.22. The van der Waals surface area contributed by atoms with Gasteiger partial charge in [-0.25, -0.2) is 0 Å². The van der Waals surface area contributed by atoms with Gasteiger partial charge >= 0.3 is 0 Å². The minimum Gasteiger partial charge on any atom is -0.488 e. The average Bonchev–Trinajstić information content (AvgIpc) is 3.05.